The molecule has 4 rings (SSSR count). The largest absolute Gasteiger partial charge is 0.489 e. The van der Waals surface area contributed by atoms with Gasteiger partial charge in [0.1, 0.15) is 18.1 Å². The average molecular weight is 418 g/mol. The Morgan fingerprint density at radius 1 is 0.867 bits per heavy atom. The molecule has 150 valence electrons. The number of hydrogen-bond donors (Lipinski definition) is 1. The van der Waals surface area contributed by atoms with Crippen LogP contribution in [-0.2, 0) is 13.2 Å². The molecule has 0 bridgehead atoms. The number of halogens is 1. The lowest BCUT2D eigenvalue weighted by Crippen LogP contribution is -2.08. The van der Waals surface area contributed by atoms with E-state index in [9.17, 15) is 9.90 Å². The lowest BCUT2D eigenvalue weighted by Gasteiger charge is -2.07. The Labute approximate surface area is 179 Å². The van der Waals surface area contributed by atoms with Gasteiger partial charge in [0.15, 0.2) is 0 Å². The minimum absolute atomic E-state index is 0.231. The smallest absolute Gasteiger partial charge is 0.352 e. The van der Waals surface area contributed by atoms with Crippen LogP contribution in [0.2, 0.25) is 5.02 Å². The summed E-state index contributed by atoms with van der Waals surface area (Å²) in [5.41, 5.74) is 4.04. The summed E-state index contributed by atoms with van der Waals surface area (Å²) >= 11 is 6.06. The highest BCUT2D eigenvalue weighted by Gasteiger charge is 2.14. The summed E-state index contributed by atoms with van der Waals surface area (Å²) in [6.45, 7) is 0.930. The van der Waals surface area contributed by atoms with Crippen LogP contribution < -0.4 is 4.74 Å². The van der Waals surface area contributed by atoms with Gasteiger partial charge in [-0.2, -0.15) is 0 Å². The van der Waals surface area contributed by atoms with Crippen LogP contribution in [0.5, 0.6) is 5.75 Å². The summed E-state index contributed by atoms with van der Waals surface area (Å²) in [5, 5.41) is 10.2. The van der Waals surface area contributed by atoms with Gasteiger partial charge in [0, 0.05) is 23.3 Å². The molecule has 0 amide bonds. The summed E-state index contributed by atoms with van der Waals surface area (Å²) in [7, 11) is 0. The van der Waals surface area contributed by atoms with Crippen LogP contribution in [0.1, 0.15) is 21.6 Å². The third kappa shape index (κ3) is 4.73. The van der Waals surface area contributed by atoms with Crippen LogP contribution in [0, 0.1) is 0 Å². The minimum Gasteiger partial charge on any atom is -0.489 e. The molecule has 0 aliphatic rings. The van der Waals surface area contributed by atoms with Gasteiger partial charge in [-0.1, -0.05) is 66.2 Å². The monoisotopic (exact) mass is 417 g/mol. The van der Waals surface area contributed by atoms with E-state index in [4.69, 9.17) is 16.3 Å². The highest BCUT2D eigenvalue weighted by molar-refractivity contribution is 6.30. The van der Waals surface area contributed by atoms with Crippen LogP contribution in [-0.4, -0.2) is 15.6 Å². The lowest BCUT2D eigenvalue weighted by molar-refractivity contribution is 0.0685. The molecule has 1 N–H and O–H groups in total. The van der Waals surface area contributed by atoms with E-state index in [1.807, 2.05) is 79.0 Å². The molecule has 30 heavy (non-hydrogen) atoms. The summed E-state index contributed by atoms with van der Waals surface area (Å²) in [4.78, 5) is 11.7. The van der Waals surface area contributed by atoms with E-state index >= 15 is 0 Å². The molecule has 0 atom stereocenters. The molecular weight excluding hydrogens is 398 g/mol. The predicted molar refractivity (Wildman–Crippen MR) is 118 cm³/mol. The first-order valence-corrected chi connectivity index (χ1v) is 9.91. The lowest BCUT2D eigenvalue weighted by atomic mass is 10.1. The van der Waals surface area contributed by atoms with Gasteiger partial charge in [-0.15, -0.1) is 0 Å². The molecule has 1 heterocycles. The Morgan fingerprint density at radius 2 is 1.60 bits per heavy atom. The Bertz CT molecular complexity index is 1150. The summed E-state index contributed by atoms with van der Waals surface area (Å²) in [6.07, 6.45) is 1.85. The van der Waals surface area contributed by atoms with Crippen molar-refractivity contribution in [3.8, 4) is 16.9 Å². The molecule has 0 radical (unpaired) electrons. The van der Waals surface area contributed by atoms with Crippen LogP contribution in [0.4, 0.5) is 0 Å². The number of benzene rings is 3. The molecule has 4 aromatic rings. The summed E-state index contributed by atoms with van der Waals surface area (Å²) in [5.74, 6) is -0.203. The molecule has 0 aliphatic heterocycles. The van der Waals surface area contributed by atoms with Crippen molar-refractivity contribution in [2.24, 2.45) is 0 Å². The second-order valence-corrected chi connectivity index (χ2v) is 7.41. The first-order chi connectivity index (χ1) is 14.6. The van der Waals surface area contributed by atoms with Crippen LogP contribution >= 0.6 is 11.6 Å². The van der Waals surface area contributed by atoms with Crippen molar-refractivity contribution in [2.75, 3.05) is 0 Å². The van der Waals surface area contributed by atoms with E-state index in [-0.39, 0.29) is 5.69 Å². The predicted octanol–water partition coefficient (Wildman–Crippen LogP) is 6.13. The number of carbonyl (C=O) groups is 1. The molecule has 0 saturated heterocycles. The van der Waals surface area contributed by atoms with Gasteiger partial charge in [-0.3, -0.25) is 0 Å². The number of aromatic nitrogens is 1. The fourth-order valence-corrected chi connectivity index (χ4v) is 3.51. The van der Waals surface area contributed by atoms with Crippen LogP contribution in [0.25, 0.3) is 11.1 Å². The molecule has 0 saturated carbocycles. The first kappa shape index (κ1) is 19.8. The van der Waals surface area contributed by atoms with Crippen molar-refractivity contribution < 1.29 is 14.6 Å². The van der Waals surface area contributed by atoms with Gasteiger partial charge in [-0.25, -0.2) is 4.79 Å². The van der Waals surface area contributed by atoms with E-state index < -0.39 is 5.97 Å². The SMILES string of the molecule is O=C(O)c1cc(-c2ccc(OCc3ccccc3)cc2)cn1Cc1cccc(Cl)c1. The van der Waals surface area contributed by atoms with Crippen LogP contribution in [0.3, 0.4) is 0 Å². The zero-order chi connectivity index (χ0) is 20.9. The molecule has 0 aliphatic carbocycles. The Morgan fingerprint density at radius 3 is 2.30 bits per heavy atom. The Balaban J connectivity index is 1.52. The molecular formula is C25H20ClNO3. The fraction of sp³-hybridized carbons (Fsp3) is 0.0800. The quantitative estimate of drug-likeness (QED) is 0.393. The van der Waals surface area contributed by atoms with Gasteiger partial charge >= 0.3 is 5.97 Å². The maximum absolute atomic E-state index is 11.7. The number of aromatic carboxylic acids is 1. The van der Waals surface area contributed by atoms with Crippen molar-refractivity contribution in [3.63, 3.8) is 0 Å². The van der Waals surface area contributed by atoms with Gasteiger partial charge in [0.2, 0.25) is 0 Å². The first-order valence-electron chi connectivity index (χ1n) is 9.53. The number of hydrogen-bond acceptors (Lipinski definition) is 2. The van der Waals surface area contributed by atoms with E-state index in [0.29, 0.717) is 18.2 Å². The second-order valence-electron chi connectivity index (χ2n) is 6.98. The van der Waals surface area contributed by atoms with E-state index in [1.54, 1.807) is 16.7 Å². The summed E-state index contributed by atoms with van der Waals surface area (Å²) in [6, 6.07) is 26.7. The summed E-state index contributed by atoms with van der Waals surface area (Å²) < 4.78 is 7.55. The molecule has 4 nitrogen and oxygen atoms in total. The van der Waals surface area contributed by atoms with Crippen molar-refractivity contribution >= 4 is 17.6 Å². The zero-order valence-corrected chi connectivity index (χ0v) is 16.9. The number of rotatable bonds is 7. The molecule has 1 aromatic heterocycles. The maximum atomic E-state index is 11.7. The third-order valence-corrected chi connectivity index (χ3v) is 5.03. The standard InChI is InChI=1S/C25H20ClNO3/c26-22-8-4-7-19(13-22)15-27-16-21(14-24(27)25(28)29)20-9-11-23(12-10-20)30-17-18-5-2-1-3-6-18/h1-14,16H,15,17H2,(H,28,29). The van der Waals surface area contributed by atoms with E-state index in [2.05, 4.69) is 0 Å². The molecule has 3 aromatic carbocycles. The Hall–Kier alpha value is -3.50. The van der Waals surface area contributed by atoms with Gasteiger partial charge in [0.25, 0.3) is 0 Å². The molecule has 0 fully saturated rings. The fourth-order valence-electron chi connectivity index (χ4n) is 3.29. The van der Waals surface area contributed by atoms with Crippen molar-refractivity contribution in [2.45, 2.75) is 13.2 Å². The number of ether oxygens (including phenoxy) is 1. The highest BCUT2D eigenvalue weighted by Crippen LogP contribution is 2.26. The van der Waals surface area contributed by atoms with Gasteiger partial charge in [0.05, 0.1) is 0 Å². The van der Waals surface area contributed by atoms with E-state index in [1.165, 1.54) is 0 Å². The minimum atomic E-state index is -0.967. The number of nitrogens with zero attached hydrogens (tertiary/aromatic N) is 1. The highest BCUT2D eigenvalue weighted by atomic mass is 35.5. The second kappa shape index (κ2) is 8.89. The molecule has 0 unspecified atom stereocenters. The zero-order valence-electron chi connectivity index (χ0n) is 16.2. The third-order valence-electron chi connectivity index (χ3n) is 4.79. The molecule has 5 heteroatoms. The van der Waals surface area contributed by atoms with Gasteiger partial charge < -0.3 is 14.4 Å². The van der Waals surface area contributed by atoms with Gasteiger partial charge in [-0.05, 0) is 47.0 Å². The van der Waals surface area contributed by atoms with Crippen molar-refractivity contribution in [1.29, 1.82) is 0 Å². The maximum Gasteiger partial charge on any atom is 0.352 e. The van der Waals surface area contributed by atoms with Crippen molar-refractivity contribution in [3.05, 3.63) is 113 Å². The Kier molecular flexibility index (Phi) is 5.87. The normalized spacial score (nSPS) is 10.7. The van der Waals surface area contributed by atoms with Crippen LogP contribution in [0.15, 0.2) is 91.1 Å². The average Bonchev–Trinajstić information content (AvgIpc) is 3.17. The van der Waals surface area contributed by atoms with Crippen molar-refractivity contribution in [1.82, 2.24) is 4.57 Å². The topological polar surface area (TPSA) is 51.5 Å². The number of carboxylic acids is 1. The van der Waals surface area contributed by atoms with E-state index in [0.717, 1.165) is 28.0 Å². The number of carboxylic acid groups (broad SMARTS) is 1. The molecule has 0 spiro atoms.